The van der Waals surface area contributed by atoms with E-state index in [1.807, 2.05) is 20.8 Å². The second-order valence-corrected chi connectivity index (χ2v) is 9.59. The molecule has 0 amide bonds. The van der Waals surface area contributed by atoms with Crippen LogP contribution in [0.4, 0.5) is 0 Å². The smallest absolute Gasteiger partial charge is 0.314 e. The molecule has 6 nitrogen and oxygen atoms in total. The lowest BCUT2D eigenvalue weighted by Gasteiger charge is -2.20. The Bertz CT molecular complexity index is 754. The highest BCUT2D eigenvalue weighted by Gasteiger charge is 2.28. The number of unbranched alkanes of at least 4 members (excludes halogenated alkanes) is 3. The molecule has 0 saturated carbocycles. The van der Waals surface area contributed by atoms with Gasteiger partial charge >= 0.3 is 17.9 Å². The summed E-state index contributed by atoms with van der Waals surface area (Å²) < 4.78 is 17.3. The molecule has 36 heavy (non-hydrogen) atoms. The van der Waals surface area contributed by atoms with Crippen LogP contribution in [0.5, 0.6) is 17.2 Å². The normalized spacial score (nSPS) is 13.5. The van der Waals surface area contributed by atoms with Crippen molar-refractivity contribution in [3.63, 3.8) is 0 Å². The number of carbonyl (C=O) groups is 3. The predicted molar refractivity (Wildman–Crippen MR) is 143 cm³/mol. The number of rotatable bonds is 18. The van der Waals surface area contributed by atoms with E-state index in [-0.39, 0.29) is 46.9 Å². The topological polar surface area (TPSA) is 78.9 Å². The molecule has 0 heterocycles. The Balaban J connectivity index is 3.29. The fraction of sp³-hybridized carbons (Fsp3) is 0.700. The van der Waals surface area contributed by atoms with Gasteiger partial charge in [0.25, 0.3) is 0 Å². The number of esters is 3. The standard InChI is InChI=1S/C30H48O6/c1-7-13-17-22(10-4)28(31)34-25-20-16-21-26(35-29(32)23(11-5)18-14-8-2)27(25)36-30(33)24(12-6)19-15-9-3/h16,20-24H,7-15,17-19H2,1-6H3. The predicted octanol–water partition coefficient (Wildman–Crippen LogP) is 8.05. The highest BCUT2D eigenvalue weighted by Crippen LogP contribution is 2.39. The third kappa shape index (κ3) is 10.3. The molecule has 0 aliphatic heterocycles. The van der Waals surface area contributed by atoms with Crippen LogP contribution in [0.25, 0.3) is 0 Å². The van der Waals surface area contributed by atoms with Crippen LogP contribution in [0.2, 0.25) is 0 Å². The van der Waals surface area contributed by atoms with Crippen LogP contribution in [0.15, 0.2) is 18.2 Å². The molecule has 1 aromatic rings. The van der Waals surface area contributed by atoms with Crippen molar-refractivity contribution >= 4 is 17.9 Å². The molecule has 3 atom stereocenters. The van der Waals surface area contributed by atoms with E-state index >= 15 is 0 Å². The number of hydrogen-bond acceptors (Lipinski definition) is 6. The summed E-state index contributed by atoms with van der Waals surface area (Å²) in [6, 6.07) is 4.83. The van der Waals surface area contributed by atoms with Crippen LogP contribution in [-0.4, -0.2) is 17.9 Å². The highest BCUT2D eigenvalue weighted by molar-refractivity contribution is 5.81. The van der Waals surface area contributed by atoms with E-state index < -0.39 is 5.97 Å². The molecule has 0 fully saturated rings. The molecule has 1 aromatic carbocycles. The SMILES string of the molecule is CCCCC(CC)C(=O)Oc1cccc(OC(=O)C(CC)CCCC)c1OC(=O)C(CC)CCCC. The lowest BCUT2D eigenvalue weighted by Crippen LogP contribution is -2.24. The van der Waals surface area contributed by atoms with Gasteiger partial charge in [0.15, 0.2) is 11.5 Å². The number of hydrogen-bond donors (Lipinski definition) is 0. The first-order chi connectivity index (χ1) is 17.4. The molecule has 0 N–H and O–H groups in total. The average molecular weight is 505 g/mol. The first kappa shape index (κ1) is 31.7. The molecule has 0 bridgehead atoms. The summed E-state index contributed by atoms with van der Waals surface area (Å²) in [4.78, 5) is 39.0. The van der Waals surface area contributed by atoms with Gasteiger partial charge in [-0.05, 0) is 50.7 Å². The molecule has 6 heteroatoms. The van der Waals surface area contributed by atoms with Crippen LogP contribution in [-0.2, 0) is 14.4 Å². The van der Waals surface area contributed by atoms with Gasteiger partial charge in [-0.15, -0.1) is 0 Å². The Morgan fingerprint density at radius 3 is 1.22 bits per heavy atom. The van der Waals surface area contributed by atoms with Crippen molar-refractivity contribution in [1.29, 1.82) is 0 Å². The van der Waals surface area contributed by atoms with Crippen LogP contribution < -0.4 is 14.2 Å². The van der Waals surface area contributed by atoms with Crippen LogP contribution in [0.3, 0.4) is 0 Å². The van der Waals surface area contributed by atoms with Crippen molar-refractivity contribution in [2.75, 3.05) is 0 Å². The van der Waals surface area contributed by atoms with Gasteiger partial charge in [-0.2, -0.15) is 0 Å². The monoisotopic (exact) mass is 504 g/mol. The zero-order valence-electron chi connectivity index (χ0n) is 23.4. The minimum atomic E-state index is -0.400. The Morgan fingerprint density at radius 2 is 0.917 bits per heavy atom. The Labute approximate surface area is 218 Å². The molecule has 0 spiro atoms. The summed E-state index contributed by atoms with van der Waals surface area (Å²) in [7, 11) is 0. The van der Waals surface area contributed by atoms with Crippen molar-refractivity contribution in [1.82, 2.24) is 0 Å². The fourth-order valence-corrected chi connectivity index (χ4v) is 4.14. The van der Waals surface area contributed by atoms with E-state index in [1.165, 1.54) is 0 Å². The Morgan fingerprint density at radius 1 is 0.583 bits per heavy atom. The molecule has 204 valence electrons. The first-order valence-corrected chi connectivity index (χ1v) is 14.1. The lowest BCUT2D eigenvalue weighted by atomic mass is 9.99. The molecule has 0 saturated heterocycles. The van der Waals surface area contributed by atoms with Crippen LogP contribution in [0, 0.1) is 17.8 Å². The minimum Gasteiger partial charge on any atom is -0.422 e. The van der Waals surface area contributed by atoms with Gasteiger partial charge in [-0.3, -0.25) is 14.4 Å². The van der Waals surface area contributed by atoms with E-state index in [1.54, 1.807) is 18.2 Å². The zero-order chi connectivity index (χ0) is 26.9. The quantitative estimate of drug-likeness (QED) is 0.149. The van der Waals surface area contributed by atoms with Gasteiger partial charge in [-0.25, -0.2) is 0 Å². The van der Waals surface area contributed by atoms with Crippen molar-refractivity contribution in [3.05, 3.63) is 18.2 Å². The maximum atomic E-state index is 13.1. The van der Waals surface area contributed by atoms with E-state index in [0.29, 0.717) is 25.7 Å². The molecular formula is C30H48O6. The van der Waals surface area contributed by atoms with Gasteiger partial charge in [0, 0.05) is 0 Å². The first-order valence-electron chi connectivity index (χ1n) is 14.1. The Hall–Kier alpha value is -2.37. The summed E-state index contributed by atoms with van der Waals surface area (Å²) in [6.07, 6.45) is 9.88. The van der Waals surface area contributed by atoms with E-state index in [9.17, 15) is 14.4 Å². The minimum absolute atomic E-state index is 0.00911. The number of carbonyl (C=O) groups excluding carboxylic acids is 3. The number of ether oxygens (including phenoxy) is 3. The van der Waals surface area contributed by atoms with Crippen molar-refractivity contribution < 1.29 is 28.6 Å². The molecule has 1 rings (SSSR count). The van der Waals surface area contributed by atoms with Gasteiger partial charge in [0.05, 0.1) is 17.8 Å². The molecular weight excluding hydrogens is 456 g/mol. The fourth-order valence-electron chi connectivity index (χ4n) is 4.14. The van der Waals surface area contributed by atoms with E-state index in [4.69, 9.17) is 14.2 Å². The molecule has 0 aromatic heterocycles. The average Bonchev–Trinajstić information content (AvgIpc) is 2.87. The van der Waals surface area contributed by atoms with Gasteiger partial charge in [0.1, 0.15) is 0 Å². The second kappa shape index (κ2) is 18.0. The third-order valence-corrected chi connectivity index (χ3v) is 6.76. The molecule has 0 aliphatic carbocycles. The summed E-state index contributed by atoms with van der Waals surface area (Å²) in [5, 5.41) is 0. The third-order valence-electron chi connectivity index (χ3n) is 6.76. The maximum absolute atomic E-state index is 13.1. The zero-order valence-corrected chi connectivity index (χ0v) is 23.4. The second-order valence-electron chi connectivity index (χ2n) is 9.59. The van der Waals surface area contributed by atoms with E-state index in [2.05, 4.69) is 20.8 Å². The summed E-state index contributed by atoms with van der Waals surface area (Å²) in [5.74, 6) is -1.66. The molecule has 3 unspecified atom stereocenters. The van der Waals surface area contributed by atoms with Crippen LogP contribution >= 0.6 is 0 Å². The molecule has 0 radical (unpaired) electrons. The summed E-state index contributed by atoms with van der Waals surface area (Å²) in [6.45, 7) is 12.1. The highest BCUT2D eigenvalue weighted by atomic mass is 16.6. The number of para-hydroxylation sites is 1. The molecule has 0 aliphatic rings. The van der Waals surface area contributed by atoms with Gasteiger partial charge < -0.3 is 14.2 Å². The van der Waals surface area contributed by atoms with E-state index in [0.717, 1.165) is 51.4 Å². The van der Waals surface area contributed by atoms with Gasteiger partial charge in [0.2, 0.25) is 5.75 Å². The van der Waals surface area contributed by atoms with Crippen molar-refractivity contribution in [2.24, 2.45) is 17.8 Å². The summed E-state index contributed by atoms with van der Waals surface area (Å²) in [5.41, 5.74) is 0. The van der Waals surface area contributed by atoms with Crippen molar-refractivity contribution in [3.8, 4) is 17.2 Å². The largest absolute Gasteiger partial charge is 0.422 e. The van der Waals surface area contributed by atoms with Crippen LogP contribution in [0.1, 0.15) is 119 Å². The summed E-state index contributed by atoms with van der Waals surface area (Å²) >= 11 is 0. The van der Waals surface area contributed by atoms with Gasteiger partial charge in [-0.1, -0.05) is 86.1 Å². The Kier molecular flexibility index (Phi) is 15.8. The number of benzene rings is 1. The lowest BCUT2D eigenvalue weighted by molar-refractivity contribution is -0.143. The maximum Gasteiger partial charge on any atom is 0.314 e. The van der Waals surface area contributed by atoms with Crippen molar-refractivity contribution in [2.45, 2.75) is 119 Å².